The molecule has 0 heterocycles. The van der Waals surface area contributed by atoms with Gasteiger partial charge in [0.1, 0.15) is 5.82 Å². The summed E-state index contributed by atoms with van der Waals surface area (Å²) in [7, 11) is 0. The Morgan fingerprint density at radius 2 is 2.29 bits per heavy atom. The van der Waals surface area contributed by atoms with Crippen LogP contribution in [-0.4, -0.2) is 6.04 Å². The largest absolute Gasteiger partial charge is 0.380 e. The van der Waals surface area contributed by atoms with Crippen molar-refractivity contribution in [3.8, 4) is 6.07 Å². The van der Waals surface area contributed by atoms with Crippen molar-refractivity contribution in [2.75, 3.05) is 5.32 Å². The van der Waals surface area contributed by atoms with Gasteiger partial charge in [0.2, 0.25) is 0 Å². The zero-order valence-electron chi connectivity index (χ0n) is 7.92. The highest BCUT2D eigenvalue weighted by atomic mass is 19.1. The Balaban J connectivity index is 2.15. The van der Waals surface area contributed by atoms with E-state index in [0.717, 1.165) is 6.42 Å². The van der Waals surface area contributed by atoms with E-state index in [-0.39, 0.29) is 5.82 Å². The van der Waals surface area contributed by atoms with Crippen molar-refractivity contribution in [1.82, 2.24) is 0 Å². The molecule has 1 aromatic carbocycles. The standard InChI is InChI=1S/C11H11FN2/c1-7-4-11(7)14-10-3-2-8(6-13)5-9(10)12/h2-3,5,7,11,14H,4H2,1H3/t7-,11-/m1/s1. The number of anilines is 1. The summed E-state index contributed by atoms with van der Waals surface area (Å²) in [6, 6.07) is 6.81. The molecule has 0 spiro atoms. The molecule has 0 saturated heterocycles. The van der Waals surface area contributed by atoms with E-state index in [2.05, 4.69) is 12.2 Å². The van der Waals surface area contributed by atoms with Crippen LogP contribution in [0.4, 0.5) is 10.1 Å². The van der Waals surface area contributed by atoms with Crippen LogP contribution >= 0.6 is 0 Å². The summed E-state index contributed by atoms with van der Waals surface area (Å²) < 4.78 is 13.3. The Labute approximate surface area is 82.4 Å². The summed E-state index contributed by atoms with van der Waals surface area (Å²) in [4.78, 5) is 0. The molecule has 0 bridgehead atoms. The number of hydrogen-bond donors (Lipinski definition) is 1. The van der Waals surface area contributed by atoms with Crippen molar-refractivity contribution >= 4 is 5.69 Å². The molecule has 14 heavy (non-hydrogen) atoms. The Hall–Kier alpha value is -1.56. The first-order valence-corrected chi connectivity index (χ1v) is 4.67. The molecule has 0 amide bonds. The third kappa shape index (κ3) is 1.69. The van der Waals surface area contributed by atoms with E-state index in [1.807, 2.05) is 6.07 Å². The molecule has 2 rings (SSSR count). The van der Waals surface area contributed by atoms with Crippen molar-refractivity contribution in [1.29, 1.82) is 5.26 Å². The summed E-state index contributed by atoms with van der Waals surface area (Å²) >= 11 is 0. The summed E-state index contributed by atoms with van der Waals surface area (Å²) in [5.74, 6) is 0.285. The van der Waals surface area contributed by atoms with Gasteiger partial charge in [-0.2, -0.15) is 5.26 Å². The van der Waals surface area contributed by atoms with Crippen LogP contribution in [0.3, 0.4) is 0 Å². The van der Waals surface area contributed by atoms with E-state index in [0.29, 0.717) is 23.2 Å². The molecule has 1 fully saturated rings. The Kier molecular flexibility index (Phi) is 2.12. The lowest BCUT2D eigenvalue weighted by Gasteiger charge is -2.05. The van der Waals surface area contributed by atoms with Crippen molar-refractivity contribution in [2.45, 2.75) is 19.4 Å². The van der Waals surface area contributed by atoms with Gasteiger partial charge in [0.05, 0.1) is 17.3 Å². The molecule has 0 radical (unpaired) electrons. The van der Waals surface area contributed by atoms with Crippen LogP contribution in [0, 0.1) is 23.1 Å². The van der Waals surface area contributed by atoms with E-state index >= 15 is 0 Å². The minimum Gasteiger partial charge on any atom is -0.380 e. The molecule has 1 aliphatic carbocycles. The van der Waals surface area contributed by atoms with E-state index < -0.39 is 0 Å². The lowest BCUT2D eigenvalue weighted by molar-refractivity contribution is 0.629. The molecule has 1 aliphatic rings. The molecule has 3 heteroatoms. The van der Waals surface area contributed by atoms with E-state index in [9.17, 15) is 4.39 Å². The summed E-state index contributed by atoms with van der Waals surface area (Å²) in [6.07, 6.45) is 1.10. The highest BCUT2D eigenvalue weighted by Gasteiger charge is 2.32. The molecule has 0 aliphatic heterocycles. The number of nitrogens with zero attached hydrogens (tertiary/aromatic N) is 1. The minimum atomic E-state index is -0.344. The van der Waals surface area contributed by atoms with Crippen LogP contribution in [0.15, 0.2) is 18.2 Å². The number of nitriles is 1. The first-order valence-electron chi connectivity index (χ1n) is 4.67. The predicted molar refractivity (Wildman–Crippen MR) is 52.3 cm³/mol. The highest BCUT2D eigenvalue weighted by molar-refractivity contribution is 5.50. The minimum absolute atomic E-state index is 0.344. The number of benzene rings is 1. The van der Waals surface area contributed by atoms with Gasteiger partial charge in [0.15, 0.2) is 0 Å². The molecule has 1 saturated carbocycles. The second kappa shape index (κ2) is 3.30. The normalized spacial score (nSPS) is 24.1. The van der Waals surface area contributed by atoms with Crippen molar-refractivity contribution < 1.29 is 4.39 Å². The fourth-order valence-corrected chi connectivity index (χ4v) is 1.42. The average Bonchev–Trinajstić information content (AvgIpc) is 2.85. The predicted octanol–water partition coefficient (Wildman–Crippen LogP) is 2.52. The monoisotopic (exact) mass is 190 g/mol. The van der Waals surface area contributed by atoms with E-state index in [1.54, 1.807) is 12.1 Å². The lowest BCUT2D eigenvalue weighted by Crippen LogP contribution is -2.05. The van der Waals surface area contributed by atoms with Crippen LogP contribution in [-0.2, 0) is 0 Å². The van der Waals surface area contributed by atoms with Gasteiger partial charge in [-0.25, -0.2) is 4.39 Å². The smallest absolute Gasteiger partial charge is 0.147 e. The van der Waals surface area contributed by atoms with Crippen LogP contribution in [0.25, 0.3) is 0 Å². The maximum absolute atomic E-state index is 13.3. The molecule has 72 valence electrons. The second-order valence-corrected chi connectivity index (χ2v) is 3.77. The second-order valence-electron chi connectivity index (χ2n) is 3.77. The fourth-order valence-electron chi connectivity index (χ4n) is 1.42. The highest BCUT2D eigenvalue weighted by Crippen LogP contribution is 2.33. The molecule has 2 atom stereocenters. The van der Waals surface area contributed by atoms with Crippen LogP contribution in [0.2, 0.25) is 0 Å². The summed E-state index contributed by atoms with van der Waals surface area (Å²) in [5.41, 5.74) is 0.857. The molecule has 0 unspecified atom stereocenters. The van der Waals surface area contributed by atoms with Gasteiger partial charge in [0, 0.05) is 6.04 Å². The number of rotatable bonds is 2. The first kappa shape index (κ1) is 9.01. The quantitative estimate of drug-likeness (QED) is 0.777. The van der Waals surface area contributed by atoms with Crippen molar-refractivity contribution in [2.24, 2.45) is 5.92 Å². The third-order valence-corrected chi connectivity index (χ3v) is 2.55. The molecule has 1 aromatic rings. The van der Waals surface area contributed by atoms with Crippen LogP contribution in [0.1, 0.15) is 18.9 Å². The maximum Gasteiger partial charge on any atom is 0.147 e. The summed E-state index contributed by atoms with van der Waals surface area (Å²) in [6.45, 7) is 2.12. The SMILES string of the molecule is C[C@@H]1C[C@H]1Nc1ccc(C#N)cc1F. The Morgan fingerprint density at radius 1 is 1.57 bits per heavy atom. The zero-order valence-corrected chi connectivity index (χ0v) is 7.92. The maximum atomic E-state index is 13.3. The van der Waals surface area contributed by atoms with Crippen molar-refractivity contribution in [3.63, 3.8) is 0 Å². The number of hydrogen-bond acceptors (Lipinski definition) is 2. The Morgan fingerprint density at radius 3 is 2.79 bits per heavy atom. The van der Waals surface area contributed by atoms with Gasteiger partial charge in [-0.15, -0.1) is 0 Å². The van der Waals surface area contributed by atoms with Gasteiger partial charge < -0.3 is 5.32 Å². The van der Waals surface area contributed by atoms with Gasteiger partial charge in [0.25, 0.3) is 0 Å². The van der Waals surface area contributed by atoms with E-state index in [1.165, 1.54) is 6.07 Å². The lowest BCUT2D eigenvalue weighted by atomic mass is 10.2. The Bertz CT molecular complexity index is 395. The van der Waals surface area contributed by atoms with Crippen molar-refractivity contribution in [3.05, 3.63) is 29.6 Å². The van der Waals surface area contributed by atoms with Crippen LogP contribution in [0.5, 0.6) is 0 Å². The molecular weight excluding hydrogens is 179 g/mol. The van der Waals surface area contributed by atoms with Gasteiger partial charge in [-0.05, 0) is 30.5 Å². The summed E-state index contributed by atoms with van der Waals surface area (Å²) in [5, 5.41) is 11.7. The number of halogens is 1. The van der Waals surface area contributed by atoms with Gasteiger partial charge in [-0.1, -0.05) is 6.92 Å². The molecule has 0 aromatic heterocycles. The topological polar surface area (TPSA) is 35.8 Å². The van der Waals surface area contributed by atoms with Gasteiger partial charge in [-0.3, -0.25) is 0 Å². The van der Waals surface area contributed by atoms with Crippen LogP contribution < -0.4 is 5.32 Å². The zero-order chi connectivity index (χ0) is 10.1. The number of nitrogens with one attached hydrogen (secondary N) is 1. The van der Waals surface area contributed by atoms with E-state index in [4.69, 9.17) is 5.26 Å². The molecule has 2 nitrogen and oxygen atoms in total. The first-order chi connectivity index (χ1) is 6.70. The molecular formula is C11H11FN2. The average molecular weight is 190 g/mol. The third-order valence-electron chi connectivity index (χ3n) is 2.55. The molecule has 1 N–H and O–H groups in total. The fraction of sp³-hybridized carbons (Fsp3) is 0.364. The van der Waals surface area contributed by atoms with Gasteiger partial charge >= 0.3 is 0 Å².